The van der Waals surface area contributed by atoms with Crippen molar-refractivity contribution in [3.63, 3.8) is 0 Å². The molecule has 0 saturated heterocycles. The molecule has 0 unspecified atom stereocenters. The van der Waals surface area contributed by atoms with E-state index >= 15 is 0 Å². The topological polar surface area (TPSA) is 46.1 Å². The lowest BCUT2D eigenvalue weighted by molar-refractivity contribution is 0.0788. The molecule has 0 radical (unpaired) electrons. The summed E-state index contributed by atoms with van der Waals surface area (Å²) in [7, 11) is 1.74. The number of carbonyl (C=O) groups excluding carboxylic acids is 1. The number of halogens is 2. The summed E-state index contributed by atoms with van der Waals surface area (Å²) < 4.78 is 3.83. The van der Waals surface area contributed by atoms with E-state index in [-0.39, 0.29) is 5.91 Å². The molecule has 0 saturated carbocycles. The molecule has 0 atom stereocenters. The maximum absolute atomic E-state index is 12.3. The van der Waals surface area contributed by atoms with Gasteiger partial charge in [-0.05, 0) is 35.6 Å². The van der Waals surface area contributed by atoms with Crippen molar-refractivity contribution in [2.24, 2.45) is 0 Å². The van der Waals surface area contributed by atoms with Crippen LogP contribution in [0.2, 0.25) is 10.0 Å². The van der Waals surface area contributed by atoms with Crippen molar-refractivity contribution in [1.29, 1.82) is 0 Å². The highest BCUT2D eigenvalue weighted by molar-refractivity contribution is 7.07. The van der Waals surface area contributed by atoms with Crippen LogP contribution >= 0.6 is 34.7 Å². The Hall–Kier alpha value is -1.17. The number of carbonyl (C=O) groups is 1. The minimum Gasteiger partial charge on any atom is -0.337 e. The third-order valence-electron chi connectivity index (χ3n) is 2.84. The van der Waals surface area contributed by atoms with Gasteiger partial charge >= 0.3 is 0 Å². The molecule has 2 rings (SSSR count). The minimum absolute atomic E-state index is 0.0806. The maximum Gasteiger partial charge on any atom is 0.267 e. The lowest BCUT2D eigenvalue weighted by atomic mass is 10.2. The van der Waals surface area contributed by atoms with Gasteiger partial charge in [0.15, 0.2) is 0 Å². The van der Waals surface area contributed by atoms with Crippen LogP contribution in [0.1, 0.15) is 27.9 Å². The van der Waals surface area contributed by atoms with E-state index in [1.54, 1.807) is 24.1 Å². The summed E-state index contributed by atoms with van der Waals surface area (Å²) >= 11 is 13.0. The average molecular weight is 330 g/mol. The number of aromatic nitrogens is 2. The number of aryl methyl sites for hydroxylation is 1. The van der Waals surface area contributed by atoms with Crippen molar-refractivity contribution in [3.8, 4) is 0 Å². The van der Waals surface area contributed by atoms with Gasteiger partial charge in [0.2, 0.25) is 0 Å². The Bertz CT molecular complexity index is 630. The molecule has 0 aliphatic carbocycles. The Morgan fingerprint density at radius 3 is 2.75 bits per heavy atom. The summed E-state index contributed by atoms with van der Waals surface area (Å²) in [4.78, 5) is 14.6. The molecule has 0 fully saturated rings. The third kappa shape index (κ3) is 3.29. The second kappa shape index (κ2) is 6.52. The smallest absolute Gasteiger partial charge is 0.267 e. The maximum atomic E-state index is 12.3. The third-order valence-corrected chi connectivity index (χ3v) is 4.33. The van der Waals surface area contributed by atoms with Crippen LogP contribution in [-0.2, 0) is 13.0 Å². The van der Waals surface area contributed by atoms with Crippen LogP contribution in [0, 0.1) is 0 Å². The SMILES string of the molecule is CCc1nnsc1C(=O)N(C)Cc1ccc(Cl)c(Cl)c1. The van der Waals surface area contributed by atoms with Crippen molar-refractivity contribution >= 4 is 40.6 Å². The molecule has 106 valence electrons. The van der Waals surface area contributed by atoms with Crippen LogP contribution in [0.4, 0.5) is 0 Å². The van der Waals surface area contributed by atoms with Gasteiger partial charge in [-0.25, -0.2) is 0 Å². The van der Waals surface area contributed by atoms with Gasteiger partial charge < -0.3 is 4.90 Å². The number of hydrogen-bond donors (Lipinski definition) is 0. The van der Waals surface area contributed by atoms with Crippen molar-refractivity contribution in [2.45, 2.75) is 19.9 Å². The minimum atomic E-state index is -0.0806. The van der Waals surface area contributed by atoms with Crippen LogP contribution < -0.4 is 0 Å². The normalized spacial score (nSPS) is 10.6. The number of nitrogens with zero attached hydrogens (tertiary/aromatic N) is 3. The summed E-state index contributed by atoms with van der Waals surface area (Å²) in [6.45, 7) is 2.41. The lowest BCUT2D eigenvalue weighted by Crippen LogP contribution is -2.26. The molecule has 0 aliphatic rings. The van der Waals surface area contributed by atoms with Gasteiger partial charge in [0.25, 0.3) is 5.91 Å². The van der Waals surface area contributed by atoms with E-state index in [1.165, 1.54) is 0 Å². The highest BCUT2D eigenvalue weighted by atomic mass is 35.5. The quantitative estimate of drug-likeness (QED) is 0.859. The van der Waals surface area contributed by atoms with Crippen LogP contribution in [-0.4, -0.2) is 27.4 Å². The Labute approximate surface area is 131 Å². The van der Waals surface area contributed by atoms with Gasteiger partial charge in [-0.3, -0.25) is 4.79 Å². The second-order valence-electron chi connectivity index (χ2n) is 4.31. The van der Waals surface area contributed by atoms with Crippen molar-refractivity contribution in [2.75, 3.05) is 7.05 Å². The molecular weight excluding hydrogens is 317 g/mol. The number of benzene rings is 1. The van der Waals surface area contributed by atoms with Gasteiger partial charge in [0.05, 0.1) is 15.7 Å². The first kappa shape index (κ1) is 15.2. The van der Waals surface area contributed by atoms with Crippen LogP contribution in [0.25, 0.3) is 0 Å². The highest BCUT2D eigenvalue weighted by Gasteiger charge is 2.19. The van der Waals surface area contributed by atoms with Crippen LogP contribution in [0.15, 0.2) is 18.2 Å². The van der Waals surface area contributed by atoms with Crippen LogP contribution in [0.5, 0.6) is 0 Å². The van der Waals surface area contributed by atoms with E-state index in [1.807, 2.05) is 13.0 Å². The highest BCUT2D eigenvalue weighted by Crippen LogP contribution is 2.23. The first-order valence-corrected chi connectivity index (χ1v) is 7.56. The standard InChI is InChI=1S/C13H13Cl2N3OS/c1-3-11-12(20-17-16-11)13(19)18(2)7-8-4-5-9(14)10(15)6-8/h4-6H,3,7H2,1-2H3. The summed E-state index contributed by atoms with van der Waals surface area (Å²) in [5.41, 5.74) is 1.66. The van der Waals surface area contributed by atoms with Gasteiger partial charge in [-0.2, -0.15) is 0 Å². The van der Waals surface area contributed by atoms with Crippen LogP contribution in [0.3, 0.4) is 0 Å². The number of rotatable bonds is 4. The fraction of sp³-hybridized carbons (Fsp3) is 0.308. The Morgan fingerprint density at radius 2 is 2.10 bits per heavy atom. The van der Waals surface area contributed by atoms with Gasteiger partial charge in [0, 0.05) is 13.6 Å². The molecule has 0 bridgehead atoms. The molecule has 2 aromatic rings. The Morgan fingerprint density at radius 1 is 1.35 bits per heavy atom. The zero-order chi connectivity index (χ0) is 14.7. The fourth-order valence-corrected chi connectivity index (χ4v) is 2.83. The summed E-state index contributed by atoms with van der Waals surface area (Å²) in [6.07, 6.45) is 0.693. The van der Waals surface area contributed by atoms with Crippen molar-refractivity contribution in [1.82, 2.24) is 14.5 Å². The predicted molar refractivity (Wildman–Crippen MR) is 81.5 cm³/mol. The summed E-state index contributed by atoms with van der Waals surface area (Å²) in [5.74, 6) is -0.0806. The number of amides is 1. The van der Waals surface area contributed by atoms with Gasteiger partial charge in [-0.1, -0.05) is 40.7 Å². The van der Waals surface area contributed by atoms with E-state index in [4.69, 9.17) is 23.2 Å². The van der Waals surface area contributed by atoms with E-state index in [0.717, 1.165) is 22.8 Å². The molecule has 7 heteroatoms. The largest absolute Gasteiger partial charge is 0.337 e. The number of hydrogen-bond acceptors (Lipinski definition) is 4. The molecule has 1 aromatic heterocycles. The molecule has 4 nitrogen and oxygen atoms in total. The molecule has 0 aliphatic heterocycles. The second-order valence-corrected chi connectivity index (χ2v) is 5.88. The molecule has 1 aromatic carbocycles. The van der Waals surface area contributed by atoms with Gasteiger partial charge in [0.1, 0.15) is 4.88 Å². The molecule has 0 N–H and O–H groups in total. The van der Waals surface area contributed by atoms with Crippen molar-refractivity contribution in [3.05, 3.63) is 44.4 Å². The monoisotopic (exact) mass is 329 g/mol. The molecule has 0 spiro atoms. The van der Waals surface area contributed by atoms with Gasteiger partial charge in [-0.15, -0.1) is 5.10 Å². The van der Waals surface area contributed by atoms with E-state index < -0.39 is 0 Å². The lowest BCUT2D eigenvalue weighted by Gasteiger charge is -2.16. The molecular formula is C13H13Cl2N3OS. The predicted octanol–water partition coefficient (Wildman–Crippen LogP) is 3.68. The summed E-state index contributed by atoms with van der Waals surface area (Å²) in [6, 6.07) is 5.34. The molecule has 20 heavy (non-hydrogen) atoms. The summed E-state index contributed by atoms with van der Waals surface area (Å²) in [5, 5.41) is 4.94. The van der Waals surface area contributed by atoms with E-state index in [2.05, 4.69) is 9.59 Å². The van der Waals surface area contributed by atoms with Crippen molar-refractivity contribution < 1.29 is 4.79 Å². The zero-order valence-electron chi connectivity index (χ0n) is 11.1. The first-order chi connectivity index (χ1) is 9.52. The Balaban J connectivity index is 2.13. The van der Waals surface area contributed by atoms with E-state index in [9.17, 15) is 4.79 Å². The average Bonchev–Trinajstić information content (AvgIpc) is 2.90. The Kier molecular flexibility index (Phi) is 4.96. The van der Waals surface area contributed by atoms with E-state index in [0.29, 0.717) is 27.9 Å². The zero-order valence-corrected chi connectivity index (χ0v) is 13.4. The molecule has 1 heterocycles. The fourth-order valence-electron chi connectivity index (χ4n) is 1.76. The first-order valence-electron chi connectivity index (χ1n) is 6.03. The molecule has 1 amide bonds.